The highest BCUT2D eigenvalue weighted by Gasteiger charge is 2.63. The molecule has 1 amide bonds. The molecule has 1 saturated carbocycles. The molecule has 8 heteroatoms. The zero-order chi connectivity index (χ0) is 15.8. The van der Waals surface area contributed by atoms with Crippen LogP contribution in [-0.4, -0.2) is 45.9 Å². The summed E-state index contributed by atoms with van der Waals surface area (Å²) in [6.45, 7) is 7.13. The molecule has 1 aromatic rings. The van der Waals surface area contributed by atoms with E-state index in [1.165, 1.54) is 0 Å². The number of amides is 1. The Morgan fingerprint density at radius 2 is 2.13 bits per heavy atom. The molecule has 0 bridgehead atoms. The second-order valence-corrected chi connectivity index (χ2v) is 6.52. The van der Waals surface area contributed by atoms with E-state index < -0.39 is 5.54 Å². The van der Waals surface area contributed by atoms with E-state index in [1.54, 1.807) is 22.8 Å². The van der Waals surface area contributed by atoms with E-state index in [0.29, 0.717) is 19.6 Å². The van der Waals surface area contributed by atoms with Crippen molar-refractivity contribution >= 4 is 30.7 Å². The molecule has 0 aliphatic heterocycles. The molecule has 134 valence electrons. The molecule has 6 nitrogen and oxygen atoms in total. The van der Waals surface area contributed by atoms with Crippen LogP contribution in [-0.2, 0) is 23.1 Å². The number of rotatable bonds is 5. The van der Waals surface area contributed by atoms with Gasteiger partial charge in [0.05, 0.1) is 12.3 Å². The number of hydrogen-bond donors (Lipinski definition) is 1. The average molecular weight is 367 g/mol. The minimum absolute atomic E-state index is 0. The van der Waals surface area contributed by atoms with Gasteiger partial charge in [0.25, 0.3) is 0 Å². The average Bonchev–Trinajstić information content (AvgIpc) is 2.82. The quantitative estimate of drug-likeness (QED) is 0.861. The van der Waals surface area contributed by atoms with E-state index in [9.17, 15) is 4.79 Å². The van der Waals surface area contributed by atoms with Gasteiger partial charge in [0.15, 0.2) is 0 Å². The van der Waals surface area contributed by atoms with Crippen molar-refractivity contribution in [2.45, 2.75) is 45.4 Å². The first-order chi connectivity index (χ1) is 9.72. The van der Waals surface area contributed by atoms with Crippen molar-refractivity contribution in [2.75, 3.05) is 13.7 Å². The van der Waals surface area contributed by atoms with Gasteiger partial charge in [-0.25, -0.2) is 0 Å². The Kier molecular flexibility index (Phi) is 7.56. The lowest BCUT2D eigenvalue weighted by Crippen LogP contribution is -2.75. The summed E-state index contributed by atoms with van der Waals surface area (Å²) in [6, 6.07) is 0. The van der Waals surface area contributed by atoms with E-state index in [4.69, 9.17) is 10.5 Å². The predicted octanol–water partition coefficient (Wildman–Crippen LogP) is 1.75. The maximum absolute atomic E-state index is 12.7. The van der Waals surface area contributed by atoms with Crippen LogP contribution in [0.1, 0.15) is 32.8 Å². The van der Waals surface area contributed by atoms with Crippen molar-refractivity contribution in [1.29, 1.82) is 0 Å². The van der Waals surface area contributed by atoms with Crippen LogP contribution in [0.3, 0.4) is 0 Å². The molecule has 2 atom stereocenters. The highest BCUT2D eigenvalue weighted by Crippen LogP contribution is 2.50. The number of aromatic nitrogens is 2. The Balaban J connectivity index is 0.00000242. The molecule has 1 aromatic heterocycles. The summed E-state index contributed by atoms with van der Waals surface area (Å²) in [5.74, 6) is -0.0349. The van der Waals surface area contributed by atoms with Gasteiger partial charge in [-0.1, -0.05) is 13.8 Å². The lowest BCUT2D eigenvalue weighted by atomic mass is 9.54. The lowest BCUT2D eigenvalue weighted by molar-refractivity contribution is -0.178. The topological polar surface area (TPSA) is 73.4 Å². The van der Waals surface area contributed by atoms with Gasteiger partial charge in [-0.15, -0.1) is 24.8 Å². The van der Waals surface area contributed by atoms with E-state index in [-0.39, 0.29) is 42.2 Å². The van der Waals surface area contributed by atoms with Crippen LogP contribution in [0, 0.1) is 5.41 Å². The Morgan fingerprint density at radius 1 is 1.52 bits per heavy atom. The Morgan fingerprint density at radius 3 is 2.57 bits per heavy atom. The minimum Gasteiger partial charge on any atom is -0.378 e. The monoisotopic (exact) mass is 366 g/mol. The fourth-order valence-corrected chi connectivity index (χ4v) is 3.04. The Hall–Kier alpha value is -0.820. The van der Waals surface area contributed by atoms with Gasteiger partial charge >= 0.3 is 0 Å². The molecule has 2 unspecified atom stereocenters. The number of hydrogen-bond acceptors (Lipinski definition) is 4. The third-order valence-electron chi connectivity index (χ3n) is 4.74. The number of carbonyl (C=O) groups excluding carboxylic acids is 1. The number of nitrogens with zero attached hydrogens (tertiary/aromatic N) is 3. The number of halogens is 2. The van der Waals surface area contributed by atoms with Crippen molar-refractivity contribution in [1.82, 2.24) is 14.7 Å². The van der Waals surface area contributed by atoms with Gasteiger partial charge in [0, 0.05) is 50.8 Å². The number of likely N-dealkylation sites (N-methyl/N-ethyl adjacent to an activating group) is 1. The summed E-state index contributed by atoms with van der Waals surface area (Å²) in [5, 5.41) is 4.12. The Bertz CT molecular complexity index is 535. The van der Waals surface area contributed by atoms with Crippen molar-refractivity contribution in [3.63, 3.8) is 0 Å². The van der Waals surface area contributed by atoms with Crippen LogP contribution < -0.4 is 5.73 Å². The van der Waals surface area contributed by atoms with Crippen LogP contribution in [0.5, 0.6) is 0 Å². The van der Waals surface area contributed by atoms with Gasteiger partial charge in [-0.3, -0.25) is 9.48 Å². The molecular formula is C15H28Cl2N4O2. The molecule has 1 fully saturated rings. The molecule has 1 aliphatic carbocycles. The summed E-state index contributed by atoms with van der Waals surface area (Å²) in [4.78, 5) is 14.4. The molecule has 23 heavy (non-hydrogen) atoms. The largest absolute Gasteiger partial charge is 0.378 e. The predicted molar refractivity (Wildman–Crippen MR) is 94.9 cm³/mol. The zero-order valence-corrected chi connectivity index (χ0v) is 16.0. The molecule has 0 radical (unpaired) electrons. The van der Waals surface area contributed by atoms with Crippen molar-refractivity contribution in [3.05, 3.63) is 18.0 Å². The maximum atomic E-state index is 12.7. The fraction of sp³-hybridized carbons (Fsp3) is 0.733. The number of ether oxygens (including phenoxy) is 1. The normalized spacial score (nSPS) is 24.9. The number of nitrogens with two attached hydrogens (primary N) is 1. The second-order valence-electron chi connectivity index (χ2n) is 6.52. The smallest absolute Gasteiger partial charge is 0.243 e. The highest BCUT2D eigenvalue weighted by molar-refractivity contribution is 5.88. The fourth-order valence-electron chi connectivity index (χ4n) is 3.04. The van der Waals surface area contributed by atoms with Crippen LogP contribution in [0.4, 0.5) is 0 Å². The first-order valence-electron chi connectivity index (χ1n) is 7.36. The number of carbonyl (C=O) groups is 1. The molecule has 2 rings (SSSR count). The van der Waals surface area contributed by atoms with Crippen LogP contribution >= 0.6 is 24.8 Å². The molecule has 2 N–H and O–H groups in total. The first kappa shape index (κ1) is 22.2. The summed E-state index contributed by atoms with van der Waals surface area (Å²) in [6.07, 6.45) is 4.29. The summed E-state index contributed by atoms with van der Waals surface area (Å²) in [5.41, 5.74) is 6.19. The van der Waals surface area contributed by atoms with Crippen LogP contribution in [0.15, 0.2) is 12.4 Å². The minimum atomic E-state index is -0.857. The lowest BCUT2D eigenvalue weighted by Gasteiger charge is -2.58. The summed E-state index contributed by atoms with van der Waals surface area (Å²) >= 11 is 0. The molecule has 0 spiro atoms. The zero-order valence-electron chi connectivity index (χ0n) is 14.4. The first-order valence-corrected chi connectivity index (χ1v) is 7.36. The molecule has 1 heterocycles. The third kappa shape index (κ3) is 3.82. The SMILES string of the molecule is CCOC1CC(N)(C(=O)N(C)Cc2cnn(C)c2)C1(C)C.Cl.Cl. The van der Waals surface area contributed by atoms with Crippen molar-refractivity contribution < 1.29 is 9.53 Å². The van der Waals surface area contributed by atoms with E-state index in [1.807, 2.05) is 34.0 Å². The maximum Gasteiger partial charge on any atom is 0.243 e. The molecule has 0 saturated heterocycles. The third-order valence-corrected chi connectivity index (χ3v) is 4.74. The summed E-state index contributed by atoms with van der Waals surface area (Å²) in [7, 11) is 3.64. The van der Waals surface area contributed by atoms with Crippen molar-refractivity contribution in [2.24, 2.45) is 18.2 Å². The van der Waals surface area contributed by atoms with Gasteiger partial charge < -0.3 is 15.4 Å². The van der Waals surface area contributed by atoms with E-state index >= 15 is 0 Å². The molecular weight excluding hydrogens is 339 g/mol. The second kappa shape index (κ2) is 7.83. The van der Waals surface area contributed by atoms with Crippen LogP contribution in [0.2, 0.25) is 0 Å². The Labute approximate surface area is 150 Å². The number of aryl methyl sites for hydroxylation is 1. The van der Waals surface area contributed by atoms with Crippen LogP contribution in [0.25, 0.3) is 0 Å². The van der Waals surface area contributed by atoms with Gasteiger partial charge in [-0.2, -0.15) is 5.10 Å². The standard InChI is InChI=1S/C15H26N4O2.2ClH/c1-6-21-12-7-15(16,14(12,2)3)13(20)18(4)9-11-8-17-19(5)10-11;;/h8,10,12H,6-7,9,16H2,1-5H3;2*1H. The van der Waals surface area contributed by atoms with Gasteiger partial charge in [0.2, 0.25) is 5.91 Å². The molecule has 0 aromatic carbocycles. The van der Waals surface area contributed by atoms with E-state index in [2.05, 4.69) is 5.10 Å². The van der Waals surface area contributed by atoms with Crippen molar-refractivity contribution in [3.8, 4) is 0 Å². The van der Waals surface area contributed by atoms with Gasteiger partial charge in [-0.05, 0) is 6.92 Å². The summed E-state index contributed by atoms with van der Waals surface area (Å²) < 4.78 is 7.40. The molecule has 1 aliphatic rings. The highest BCUT2D eigenvalue weighted by atomic mass is 35.5. The van der Waals surface area contributed by atoms with E-state index in [0.717, 1.165) is 5.56 Å². The van der Waals surface area contributed by atoms with Gasteiger partial charge in [0.1, 0.15) is 5.54 Å².